The van der Waals surface area contributed by atoms with Crippen molar-refractivity contribution in [2.24, 2.45) is 0 Å². The molecule has 1 fully saturated rings. The summed E-state index contributed by atoms with van der Waals surface area (Å²) < 4.78 is 39.0. The first-order chi connectivity index (χ1) is 11.2. The Hall–Kier alpha value is -1.96. The van der Waals surface area contributed by atoms with Gasteiger partial charge in [0.25, 0.3) is 0 Å². The van der Waals surface area contributed by atoms with E-state index in [0.717, 1.165) is 0 Å². The molecule has 7 nitrogen and oxygen atoms in total. The van der Waals surface area contributed by atoms with Crippen LogP contribution in [0.4, 0.5) is 0 Å². The Morgan fingerprint density at radius 2 is 1.75 bits per heavy atom. The van der Waals surface area contributed by atoms with Crippen LogP contribution in [0.2, 0.25) is 0 Å². The molecule has 1 aliphatic heterocycles. The minimum absolute atomic E-state index is 0.0268. The zero-order valence-electron chi connectivity index (χ0n) is 14.3. The molecule has 0 saturated carbocycles. The summed E-state index contributed by atoms with van der Waals surface area (Å²) >= 11 is 0. The van der Waals surface area contributed by atoms with Gasteiger partial charge in [0.2, 0.25) is 11.7 Å². The molecule has 1 saturated heterocycles. The largest absolute Gasteiger partial charge is 0.493 e. The molecule has 2 rings (SSSR count). The zero-order valence-corrected chi connectivity index (χ0v) is 15.2. The fourth-order valence-electron chi connectivity index (χ4n) is 2.91. The van der Waals surface area contributed by atoms with Crippen molar-refractivity contribution in [2.75, 3.05) is 32.8 Å². The standard InChI is InChI=1S/C16H23NO6S/c1-16(5-6-24(19,20)10-16)17-14(18)9-11-7-12(21-2)15(23-4)13(8-11)22-3/h7-8H,5-6,9-10H2,1-4H3,(H,17,18). The molecule has 0 bridgehead atoms. The second kappa shape index (κ2) is 6.88. The van der Waals surface area contributed by atoms with Crippen LogP contribution < -0.4 is 19.5 Å². The minimum atomic E-state index is -3.07. The number of sulfone groups is 1. The summed E-state index contributed by atoms with van der Waals surface area (Å²) in [6, 6.07) is 3.41. The second-order valence-corrected chi connectivity index (χ2v) is 8.35. The molecule has 1 aromatic rings. The molecule has 1 N–H and O–H groups in total. The molecule has 0 spiro atoms. The van der Waals surface area contributed by atoms with Gasteiger partial charge in [0.1, 0.15) is 0 Å². The van der Waals surface area contributed by atoms with Crippen molar-refractivity contribution in [1.82, 2.24) is 5.32 Å². The molecule has 1 heterocycles. The minimum Gasteiger partial charge on any atom is -0.493 e. The lowest BCUT2D eigenvalue weighted by Crippen LogP contribution is -2.47. The van der Waals surface area contributed by atoms with E-state index < -0.39 is 15.4 Å². The molecule has 24 heavy (non-hydrogen) atoms. The highest BCUT2D eigenvalue weighted by Crippen LogP contribution is 2.38. The van der Waals surface area contributed by atoms with Gasteiger partial charge in [-0.25, -0.2) is 8.42 Å². The molecule has 0 aromatic heterocycles. The highest BCUT2D eigenvalue weighted by molar-refractivity contribution is 7.91. The Labute approximate surface area is 142 Å². The third kappa shape index (κ3) is 4.11. The van der Waals surface area contributed by atoms with Crippen LogP contribution in [-0.4, -0.2) is 52.7 Å². The third-order valence-corrected chi connectivity index (χ3v) is 5.94. The van der Waals surface area contributed by atoms with E-state index in [1.54, 1.807) is 19.1 Å². The number of rotatable bonds is 6. The van der Waals surface area contributed by atoms with Gasteiger partial charge in [0.15, 0.2) is 21.3 Å². The second-order valence-electron chi connectivity index (χ2n) is 6.16. The van der Waals surface area contributed by atoms with Gasteiger partial charge in [0.05, 0.1) is 44.8 Å². The number of hydrogen-bond acceptors (Lipinski definition) is 6. The molecule has 0 radical (unpaired) electrons. The maximum atomic E-state index is 12.3. The smallest absolute Gasteiger partial charge is 0.224 e. The molecule has 8 heteroatoms. The Kier molecular flexibility index (Phi) is 5.27. The Morgan fingerprint density at radius 3 is 2.17 bits per heavy atom. The van der Waals surface area contributed by atoms with Gasteiger partial charge in [-0.15, -0.1) is 0 Å². The SMILES string of the molecule is COc1cc(CC(=O)NC2(C)CCS(=O)(=O)C2)cc(OC)c1OC. The molecule has 1 aliphatic rings. The average molecular weight is 357 g/mol. The summed E-state index contributed by atoms with van der Waals surface area (Å²) in [6.45, 7) is 1.75. The number of ether oxygens (including phenoxy) is 3. The molecule has 0 aliphatic carbocycles. The summed E-state index contributed by atoms with van der Waals surface area (Å²) in [6.07, 6.45) is 0.517. The van der Waals surface area contributed by atoms with Crippen LogP contribution in [0.5, 0.6) is 17.2 Å². The normalized spacial score (nSPS) is 22.0. The van der Waals surface area contributed by atoms with Gasteiger partial charge in [-0.3, -0.25) is 4.79 Å². The number of nitrogens with one attached hydrogen (secondary N) is 1. The Morgan fingerprint density at radius 1 is 1.17 bits per heavy atom. The van der Waals surface area contributed by atoms with E-state index >= 15 is 0 Å². The lowest BCUT2D eigenvalue weighted by molar-refractivity contribution is -0.121. The zero-order chi connectivity index (χ0) is 18.0. The molecule has 134 valence electrons. The van der Waals surface area contributed by atoms with Crippen molar-refractivity contribution in [3.05, 3.63) is 17.7 Å². The van der Waals surface area contributed by atoms with Gasteiger partial charge in [-0.05, 0) is 31.0 Å². The van der Waals surface area contributed by atoms with Crippen LogP contribution in [0.15, 0.2) is 12.1 Å². The number of amides is 1. The van der Waals surface area contributed by atoms with Gasteiger partial charge in [-0.2, -0.15) is 0 Å². The molecule has 1 atom stereocenters. The fourth-order valence-corrected chi connectivity index (χ4v) is 5.01. The van der Waals surface area contributed by atoms with Crippen LogP contribution in [0.25, 0.3) is 0 Å². The molecule has 1 aromatic carbocycles. The number of carbonyl (C=O) groups is 1. The fraction of sp³-hybridized carbons (Fsp3) is 0.562. The average Bonchev–Trinajstić information content (AvgIpc) is 2.78. The van der Waals surface area contributed by atoms with E-state index in [-0.39, 0.29) is 23.8 Å². The summed E-state index contributed by atoms with van der Waals surface area (Å²) in [5.41, 5.74) is -0.0252. The number of methoxy groups -OCH3 is 3. The van der Waals surface area contributed by atoms with Crippen LogP contribution >= 0.6 is 0 Å². The van der Waals surface area contributed by atoms with Gasteiger partial charge < -0.3 is 19.5 Å². The van der Waals surface area contributed by atoms with Crippen molar-refractivity contribution in [3.8, 4) is 17.2 Å². The van der Waals surface area contributed by atoms with E-state index in [1.165, 1.54) is 21.3 Å². The lowest BCUT2D eigenvalue weighted by Gasteiger charge is -2.24. The van der Waals surface area contributed by atoms with Crippen molar-refractivity contribution >= 4 is 15.7 Å². The van der Waals surface area contributed by atoms with Gasteiger partial charge in [-0.1, -0.05) is 0 Å². The first-order valence-electron chi connectivity index (χ1n) is 7.52. The van der Waals surface area contributed by atoms with E-state index in [9.17, 15) is 13.2 Å². The maximum absolute atomic E-state index is 12.3. The van der Waals surface area contributed by atoms with Gasteiger partial charge >= 0.3 is 0 Å². The van der Waals surface area contributed by atoms with Crippen LogP contribution in [0.3, 0.4) is 0 Å². The van der Waals surface area contributed by atoms with Crippen molar-refractivity contribution in [3.63, 3.8) is 0 Å². The van der Waals surface area contributed by atoms with E-state index in [4.69, 9.17) is 14.2 Å². The highest BCUT2D eigenvalue weighted by atomic mass is 32.2. The third-order valence-electron chi connectivity index (χ3n) is 4.03. The van der Waals surface area contributed by atoms with Crippen LogP contribution in [-0.2, 0) is 21.1 Å². The molecular formula is C16H23NO6S. The van der Waals surface area contributed by atoms with Crippen LogP contribution in [0, 0.1) is 0 Å². The Balaban J connectivity index is 2.14. The number of carbonyl (C=O) groups excluding carboxylic acids is 1. The summed E-state index contributed by atoms with van der Waals surface area (Å²) in [5.74, 6) is 1.22. The number of benzene rings is 1. The lowest BCUT2D eigenvalue weighted by atomic mass is 10.0. The summed E-state index contributed by atoms with van der Waals surface area (Å²) in [7, 11) is 1.45. The predicted octanol–water partition coefficient (Wildman–Crippen LogP) is 0.948. The summed E-state index contributed by atoms with van der Waals surface area (Å²) in [4.78, 5) is 12.3. The monoisotopic (exact) mass is 357 g/mol. The Bertz CT molecular complexity index is 705. The first kappa shape index (κ1) is 18.4. The van der Waals surface area contributed by atoms with Crippen molar-refractivity contribution < 1.29 is 27.4 Å². The quantitative estimate of drug-likeness (QED) is 0.815. The maximum Gasteiger partial charge on any atom is 0.224 e. The van der Waals surface area contributed by atoms with E-state index in [2.05, 4.69) is 5.32 Å². The van der Waals surface area contributed by atoms with Gasteiger partial charge in [0, 0.05) is 0 Å². The summed E-state index contributed by atoms with van der Waals surface area (Å²) in [5, 5.41) is 2.83. The van der Waals surface area contributed by atoms with Crippen LogP contribution in [0.1, 0.15) is 18.9 Å². The van der Waals surface area contributed by atoms with E-state index in [0.29, 0.717) is 29.2 Å². The highest BCUT2D eigenvalue weighted by Gasteiger charge is 2.39. The predicted molar refractivity (Wildman–Crippen MR) is 89.6 cm³/mol. The van der Waals surface area contributed by atoms with Crippen molar-refractivity contribution in [1.29, 1.82) is 0 Å². The van der Waals surface area contributed by atoms with Crippen molar-refractivity contribution in [2.45, 2.75) is 25.3 Å². The topological polar surface area (TPSA) is 90.9 Å². The van der Waals surface area contributed by atoms with E-state index in [1.807, 2.05) is 0 Å². The number of hydrogen-bond donors (Lipinski definition) is 1. The molecule has 1 amide bonds. The molecule has 1 unspecified atom stereocenters. The first-order valence-corrected chi connectivity index (χ1v) is 9.34. The molecular weight excluding hydrogens is 334 g/mol.